The molecular formula is C25H31NO5. The number of carboxylic acid groups (broad SMARTS) is 1. The summed E-state index contributed by atoms with van der Waals surface area (Å²) in [5.41, 5.74) is 4.38. The fourth-order valence-electron chi connectivity index (χ4n) is 4.44. The molecular weight excluding hydrogens is 394 g/mol. The zero-order valence-electron chi connectivity index (χ0n) is 18.3. The first-order chi connectivity index (χ1) is 14.9. The number of fused-ring (bicyclic) bond motifs is 1. The maximum absolute atomic E-state index is 11.4. The Bertz CT molecular complexity index is 940. The third-order valence-electron chi connectivity index (χ3n) is 6.16. The first-order valence-electron chi connectivity index (χ1n) is 10.8. The second-order valence-electron chi connectivity index (χ2n) is 8.27. The van der Waals surface area contributed by atoms with Crippen LogP contribution in [0.5, 0.6) is 5.75 Å². The predicted octanol–water partition coefficient (Wildman–Crippen LogP) is 4.10. The van der Waals surface area contributed by atoms with Gasteiger partial charge in [-0.1, -0.05) is 24.3 Å². The quantitative estimate of drug-likeness (QED) is 0.465. The van der Waals surface area contributed by atoms with E-state index in [-0.39, 0.29) is 12.0 Å². The van der Waals surface area contributed by atoms with Crippen molar-refractivity contribution in [3.8, 4) is 5.75 Å². The average molecular weight is 426 g/mol. The fourth-order valence-corrected chi connectivity index (χ4v) is 4.44. The number of esters is 1. The number of methoxy groups -OCH3 is 1. The second kappa shape index (κ2) is 10.4. The van der Waals surface area contributed by atoms with Crippen molar-refractivity contribution in [3.63, 3.8) is 0 Å². The molecule has 6 nitrogen and oxygen atoms in total. The maximum atomic E-state index is 11.4. The number of ether oxygens (including phenoxy) is 1. The molecule has 0 spiro atoms. The number of hydrogen-bond donors (Lipinski definition) is 2. The Kier molecular flexibility index (Phi) is 7.69. The van der Waals surface area contributed by atoms with E-state index in [0.29, 0.717) is 24.3 Å². The Labute approximate surface area is 183 Å². The summed E-state index contributed by atoms with van der Waals surface area (Å²) >= 11 is 0. The number of aryl methyl sites for hydroxylation is 2. The summed E-state index contributed by atoms with van der Waals surface area (Å²) in [6.07, 6.45) is 4.74. The van der Waals surface area contributed by atoms with Crippen molar-refractivity contribution < 1.29 is 24.5 Å². The van der Waals surface area contributed by atoms with E-state index >= 15 is 0 Å². The fraction of sp³-hybridized carbons (Fsp3) is 0.440. The number of hydrogen-bond acceptors (Lipinski definition) is 5. The van der Waals surface area contributed by atoms with Gasteiger partial charge < -0.3 is 14.9 Å². The first-order valence-corrected chi connectivity index (χ1v) is 10.8. The molecule has 3 rings (SSSR count). The Morgan fingerprint density at radius 3 is 2.71 bits per heavy atom. The van der Waals surface area contributed by atoms with Crippen LogP contribution in [0.1, 0.15) is 58.3 Å². The van der Waals surface area contributed by atoms with Gasteiger partial charge in [-0.05, 0) is 80.0 Å². The van der Waals surface area contributed by atoms with Crippen LogP contribution in [-0.4, -0.2) is 46.7 Å². The predicted molar refractivity (Wildman–Crippen MR) is 118 cm³/mol. The third kappa shape index (κ3) is 5.85. The molecule has 166 valence electrons. The number of nitrogens with zero attached hydrogens (tertiary/aromatic N) is 1. The molecule has 2 aromatic rings. The number of unbranched alkanes of at least 4 members (excludes halogenated alkanes) is 1. The Hall–Kier alpha value is -2.86. The second-order valence-corrected chi connectivity index (χ2v) is 8.27. The summed E-state index contributed by atoms with van der Waals surface area (Å²) in [6.45, 7) is 3.35. The Morgan fingerprint density at radius 1 is 1.19 bits per heavy atom. The molecule has 31 heavy (non-hydrogen) atoms. The highest BCUT2D eigenvalue weighted by Crippen LogP contribution is 2.31. The van der Waals surface area contributed by atoms with Crippen molar-refractivity contribution in [2.24, 2.45) is 0 Å². The molecule has 0 fully saturated rings. The molecule has 0 heterocycles. The molecule has 0 radical (unpaired) electrons. The van der Waals surface area contributed by atoms with E-state index in [1.807, 2.05) is 25.1 Å². The lowest BCUT2D eigenvalue weighted by molar-refractivity contribution is -0.140. The summed E-state index contributed by atoms with van der Waals surface area (Å²) in [5, 5.41) is 19.6. The van der Waals surface area contributed by atoms with Crippen LogP contribution in [-0.2, 0) is 28.9 Å². The highest BCUT2D eigenvalue weighted by Gasteiger charge is 2.26. The van der Waals surface area contributed by atoms with Gasteiger partial charge in [0.05, 0.1) is 12.7 Å². The minimum absolute atomic E-state index is 0.192. The molecule has 0 amide bonds. The van der Waals surface area contributed by atoms with E-state index in [1.165, 1.54) is 12.7 Å². The van der Waals surface area contributed by atoms with Gasteiger partial charge in [0.25, 0.3) is 0 Å². The highest BCUT2D eigenvalue weighted by atomic mass is 16.5. The summed E-state index contributed by atoms with van der Waals surface area (Å²) in [6, 6.07) is 11.5. The number of benzene rings is 2. The van der Waals surface area contributed by atoms with Gasteiger partial charge in [-0.15, -0.1) is 0 Å². The van der Waals surface area contributed by atoms with E-state index < -0.39 is 5.97 Å². The molecule has 2 N–H and O–H groups in total. The van der Waals surface area contributed by atoms with Crippen LogP contribution in [0.3, 0.4) is 0 Å². The van der Waals surface area contributed by atoms with Crippen LogP contribution in [0, 0.1) is 6.92 Å². The number of rotatable bonds is 9. The van der Waals surface area contributed by atoms with E-state index in [0.717, 1.165) is 55.3 Å². The largest absolute Gasteiger partial charge is 0.508 e. The van der Waals surface area contributed by atoms with Crippen molar-refractivity contribution in [1.29, 1.82) is 0 Å². The van der Waals surface area contributed by atoms with Gasteiger partial charge in [0, 0.05) is 19.0 Å². The van der Waals surface area contributed by atoms with Gasteiger partial charge >= 0.3 is 11.9 Å². The molecule has 0 saturated carbocycles. The summed E-state index contributed by atoms with van der Waals surface area (Å²) in [7, 11) is 1.41. The van der Waals surface area contributed by atoms with Crippen LogP contribution in [0.15, 0.2) is 36.4 Å². The van der Waals surface area contributed by atoms with Crippen molar-refractivity contribution >= 4 is 11.9 Å². The molecule has 0 aliphatic heterocycles. The molecule has 6 heteroatoms. The van der Waals surface area contributed by atoms with E-state index in [2.05, 4.69) is 11.0 Å². The molecule has 0 aromatic heterocycles. The Morgan fingerprint density at radius 2 is 2.00 bits per heavy atom. The van der Waals surface area contributed by atoms with Crippen molar-refractivity contribution in [2.45, 2.75) is 58.0 Å². The number of carbonyl (C=O) groups is 2. The zero-order chi connectivity index (χ0) is 22.4. The van der Waals surface area contributed by atoms with Gasteiger partial charge in [-0.3, -0.25) is 9.69 Å². The minimum Gasteiger partial charge on any atom is -0.508 e. The molecule has 1 atom stereocenters. The van der Waals surface area contributed by atoms with Crippen molar-refractivity contribution in [3.05, 3.63) is 64.2 Å². The molecule has 2 aromatic carbocycles. The van der Waals surface area contributed by atoms with Gasteiger partial charge in [0.2, 0.25) is 0 Å². The molecule has 1 unspecified atom stereocenters. The smallest absolute Gasteiger partial charge is 0.335 e. The third-order valence-corrected chi connectivity index (χ3v) is 6.16. The molecule has 0 saturated heterocycles. The van der Waals surface area contributed by atoms with Crippen LogP contribution in [0.25, 0.3) is 0 Å². The summed E-state index contributed by atoms with van der Waals surface area (Å²) in [5.74, 6) is -0.750. The number of carboxylic acids is 1. The number of carbonyl (C=O) groups excluding carboxylic acids is 1. The van der Waals surface area contributed by atoms with Crippen LogP contribution in [0.4, 0.5) is 0 Å². The summed E-state index contributed by atoms with van der Waals surface area (Å²) in [4.78, 5) is 25.2. The molecule has 1 aliphatic carbocycles. The van der Waals surface area contributed by atoms with E-state index in [4.69, 9.17) is 4.74 Å². The van der Waals surface area contributed by atoms with Gasteiger partial charge in [-0.25, -0.2) is 4.79 Å². The first kappa shape index (κ1) is 22.8. The highest BCUT2D eigenvalue weighted by molar-refractivity contribution is 5.89. The standard InChI is InChI=1S/C25H31NO5/c1-17-14-18(9-12-21(17)25(29)30)16-26(13-4-3-8-24(28)31-2)20-11-10-19-6-5-7-23(27)22(19)15-20/h5-7,9,12,14,20,27H,3-4,8,10-11,13,15-16H2,1-2H3,(H,29,30). The monoisotopic (exact) mass is 425 g/mol. The van der Waals surface area contributed by atoms with E-state index in [9.17, 15) is 19.8 Å². The minimum atomic E-state index is -0.914. The number of phenolic OH excluding ortho intramolecular Hbond substituents is 1. The van der Waals surface area contributed by atoms with Gasteiger partial charge in [-0.2, -0.15) is 0 Å². The van der Waals surface area contributed by atoms with Gasteiger partial charge in [0.15, 0.2) is 0 Å². The van der Waals surface area contributed by atoms with Crippen molar-refractivity contribution in [1.82, 2.24) is 4.90 Å². The lowest BCUT2D eigenvalue weighted by atomic mass is 9.86. The number of aromatic carboxylic acids is 1. The SMILES string of the molecule is COC(=O)CCCCN(Cc1ccc(C(=O)O)c(C)c1)C1CCc2cccc(O)c2C1. The number of aromatic hydroxyl groups is 1. The van der Waals surface area contributed by atoms with Gasteiger partial charge in [0.1, 0.15) is 5.75 Å². The molecule has 1 aliphatic rings. The van der Waals surface area contributed by atoms with Crippen LogP contribution < -0.4 is 0 Å². The lowest BCUT2D eigenvalue weighted by Crippen LogP contribution is -2.39. The molecule has 0 bridgehead atoms. The number of phenols is 1. The lowest BCUT2D eigenvalue weighted by Gasteiger charge is -2.35. The zero-order valence-corrected chi connectivity index (χ0v) is 18.3. The average Bonchev–Trinajstić information content (AvgIpc) is 2.75. The van der Waals surface area contributed by atoms with Crippen molar-refractivity contribution in [2.75, 3.05) is 13.7 Å². The topological polar surface area (TPSA) is 87.1 Å². The normalized spacial score (nSPS) is 15.5. The maximum Gasteiger partial charge on any atom is 0.335 e. The summed E-state index contributed by atoms with van der Waals surface area (Å²) < 4.78 is 4.74. The van der Waals surface area contributed by atoms with Crippen LogP contribution in [0.2, 0.25) is 0 Å². The van der Waals surface area contributed by atoms with E-state index in [1.54, 1.807) is 12.1 Å². The van der Waals surface area contributed by atoms with Crippen LogP contribution >= 0.6 is 0 Å². The Balaban J connectivity index is 1.75.